The van der Waals surface area contributed by atoms with Crippen LogP contribution in [0.25, 0.3) is 0 Å². The highest BCUT2D eigenvalue weighted by molar-refractivity contribution is 7.98. The normalized spacial score (nSPS) is 12.2. The minimum Gasteiger partial charge on any atom is -0.328 e. The molecule has 1 unspecified atom stereocenters. The number of benzene rings is 1. The summed E-state index contributed by atoms with van der Waals surface area (Å²) in [6, 6.07) is 8.12. The van der Waals surface area contributed by atoms with E-state index in [0.29, 0.717) is 6.42 Å². The second kappa shape index (κ2) is 8.16. The lowest BCUT2D eigenvalue weighted by atomic mass is 10.1. The van der Waals surface area contributed by atoms with Crippen LogP contribution in [0.1, 0.15) is 25.3 Å². The van der Waals surface area contributed by atoms with Gasteiger partial charge < -0.3 is 11.1 Å². The minimum absolute atomic E-state index is 0.0316. The lowest BCUT2D eigenvalue weighted by Gasteiger charge is -2.07. The van der Waals surface area contributed by atoms with Crippen LogP contribution in [0.4, 0.5) is 5.69 Å². The van der Waals surface area contributed by atoms with Crippen molar-refractivity contribution in [2.45, 2.75) is 32.2 Å². The van der Waals surface area contributed by atoms with Crippen molar-refractivity contribution in [3.05, 3.63) is 29.8 Å². The van der Waals surface area contributed by atoms with Crippen molar-refractivity contribution in [2.24, 2.45) is 5.73 Å². The van der Waals surface area contributed by atoms with Crippen molar-refractivity contribution in [1.29, 1.82) is 0 Å². The number of anilines is 1. The molecule has 100 valence electrons. The summed E-state index contributed by atoms with van der Waals surface area (Å²) in [6.07, 6.45) is 4.37. The molecule has 0 aliphatic rings. The Balaban J connectivity index is 2.40. The van der Waals surface area contributed by atoms with Crippen LogP contribution in [-0.4, -0.2) is 24.0 Å². The summed E-state index contributed by atoms with van der Waals surface area (Å²) >= 11 is 1.84. The third-order valence-corrected chi connectivity index (χ3v) is 3.27. The highest BCUT2D eigenvalue weighted by atomic mass is 32.2. The first-order chi connectivity index (χ1) is 8.61. The van der Waals surface area contributed by atoms with E-state index in [9.17, 15) is 4.79 Å². The summed E-state index contributed by atoms with van der Waals surface area (Å²) in [5.74, 6) is 1.16. The van der Waals surface area contributed by atoms with Crippen LogP contribution in [0.15, 0.2) is 24.3 Å². The van der Waals surface area contributed by atoms with Gasteiger partial charge in [0.2, 0.25) is 5.91 Å². The molecule has 0 heterocycles. The Morgan fingerprint density at radius 2 is 2.06 bits per heavy atom. The number of carbonyl (C=O) groups excluding carboxylic acids is 1. The van der Waals surface area contributed by atoms with Gasteiger partial charge in [0.1, 0.15) is 0 Å². The summed E-state index contributed by atoms with van der Waals surface area (Å²) in [5.41, 5.74) is 7.78. The molecule has 0 saturated heterocycles. The molecule has 0 bridgehead atoms. The molecule has 1 aromatic carbocycles. The smallest absolute Gasteiger partial charge is 0.224 e. The van der Waals surface area contributed by atoms with Gasteiger partial charge >= 0.3 is 0 Å². The highest BCUT2D eigenvalue weighted by Gasteiger charge is 2.04. The predicted octanol–water partition coefficient (Wildman–Crippen LogP) is 2.66. The van der Waals surface area contributed by atoms with Gasteiger partial charge in [-0.1, -0.05) is 12.1 Å². The molecular formula is C14H22N2OS. The molecule has 3 N–H and O–H groups in total. The Kier molecular flexibility index (Phi) is 6.83. The van der Waals surface area contributed by atoms with E-state index in [-0.39, 0.29) is 11.9 Å². The molecule has 1 rings (SSSR count). The molecule has 1 amide bonds. The molecule has 0 saturated carbocycles. The molecule has 0 fully saturated rings. The van der Waals surface area contributed by atoms with Crippen molar-refractivity contribution in [3.8, 4) is 0 Å². The summed E-state index contributed by atoms with van der Waals surface area (Å²) in [5, 5.41) is 2.88. The first-order valence-electron chi connectivity index (χ1n) is 6.25. The Morgan fingerprint density at radius 1 is 1.39 bits per heavy atom. The Morgan fingerprint density at radius 3 is 2.61 bits per heavy atom. The van der Waals surface area contributed by atoms with Crippen LogP contribution in [0.3, 0.4) is 0 Å². The van der Waals surface area contributed by atoms with Gasteiger partial charge in [-0.05, 0) is 49.5 Å². The second-order valence-electron chi connectivity index (χ2n) is 4.50. The van der Waals surface area contributed by atoms with Crippen molar-refractivity contribution < 1.29 is 4.79 Å². The molecular weight excluding hydrogens is 244 g/mol. The van der Waals surface area contributed by atoms with E-state index in [2.05, 4.69) is 23.7 Å². The zero-order chi connectivity index (χ0) is 13.4. The van der Waals surface area contributed by atoms with Gasteiger partial charge in [0.15, 0.2) is 0 Å². The number of aryl methyl sites for hydroxylation is 1. The first kappa shape index (κ1) is 15.1. The SMILES string of the molecule is CSCCc1ccc(NC(=O)CCC(C)N)cc1. The fourth-order valence-electron chi connectivity index (χ4n) is 1.56. The number of nitrogens with one attached hydrogen (secondary N) is 1. The minimum atomic E-state index is 0.0316. The van der Waals surface area contributed by atoms with Crippen molar-refractivity contribution in [3.63, 3.8) is 0 Å². The second-order valence-corrected chi connectivity index (χ2v) is 5.49. The highest BCUT2D eigenvalue weighted by Crippen LogP contribution is 2.12. The largest absolute Gasteiger partial charge is 0.328 e. The van der Waals surface area contributed by atoms with Gasteiger partial charge in [-0.15, -0.1) is 0 Å². The zero-order valence-corrected chi connectivity index (χ0v) is 11.9. The topological polar surface area (TPSA) is 55.1 Å². The summed E-state index contributed by atoms with van der Waals surface area (Å²) < 4.78 is 0. The molecule has 1 atom stereocenters. The van der Waals surface area contributed by atoms with Crippen LogP contribution in [0.5, 0.6) is 0 Å². The molecule has 0 aliphatic heterocycles. The fraction of sp³-hybridized carbons (Fsp3) is 0.500. The maximum absolute atomic E-state index is 11.6. The van der Waals surface area contributed by atoms with Gasteiger partial charge in [-0.3, -0.25) is 4.79 Å². The van der Waals surface area contributed by atoms with Gasteiger partial charge in [0, 0.05) is 18.2 Å². The van der Waals surface area contributed by atoms with Crippen LogP contribution in [0, 0.1) is 0 Å². The van der Waals surface area contributed by atoms with Gasteiger partial charge in [-0.2, -0.15) is 11.8 Å². The standard InChI is InChI=1S/C14H22N2OS/c1-11(15)3-8-14(17)16-13-6-4-12(5-7-13)9-10-18-2/h4-7,11H,3,8-10,15H2,1-2H3,(H,16,17). The lowest BCUT2D eigenvalue weighted by Crippen LogP contribution is -2.19. The number of hydrogen-bond donors (Lipinski definition) is 2. The maximum atomic E-state index is 11.6. The third kappa shape index (κ3) is 6.07. The predicted molar refractivity (Wildman–Crippen MR) is 80.0 cm³/mol. The molecule has 0 aromatic heterocycles. The Hall–Kier alpha value is -1.00. The molecule has 0 radical (unpaired) electrons. The molecule has 4 heteroatoms. The average molecular weight is 266 g/mol. The third-order valence-electron chi connectivity index (χ3n) is 2.66. The average Bonchev–Trinajstić information content (AvgIpc) is 2.35. The molecule has 3 nitrogen and oxygen atoms in total. The van der Waals surface area contributed by atoms with E-state index in [1.807, 2.05) is 30.8 Å². The quantitative estimate of drug-likeness (QED) is 0.797. The van der Waals surface area contributed by atoms with Crippen molar-refractivity contribution in [1.82, 2.24) is 0 Å². The summed E-state index contributed by atoms with van der Waals surface area (Å²) in [6.45, 7) is 1.91. The van der Waals surface area contributed by atoms with E-state index in [4.69, 9.17) is 5.73 Å². The summed E-state index contributed by atoms with van der Waals surface area (Å²) in [4.78, 5) is 11.6. The number of rotatable bonds is 7. The maximum Gasteiger partial charge on any atom is 0.224 e. The molecule has 0 aliphatic carbocycles. The molecule has 1 aromatic rings. The van der Waals surface area contributed by atoms with E-state index in [1.54, 1.807) is 0 Å². The number of nitrogens with two attached hydrogens (primary N) is 1. The molecule has 18 heavy (non-hydrogen) atoms. The lowest BCUT2D eigenvalue weighted by molar-refractivity contribution is -0.116. The van der Waals surface area contributed by atoms with Crippen LogP contribution >= 0.6 is 11.8 Å². The number of carbonyl (C=O) groups is 1. The summed E-state index contributed by atoms with van der Waals surface area (Å²) in [7, 11) is 0. The molecule has 0 spiro atoms. The monoisotopic (exact) mass is 266 g/mol. The zero-order valence-electron chi connectivity index (χ0n) is 11.1. The first-order valence-corrected chi connectivity index (χ1v) is 7.64. The number of thioether (sulfide) groups is 1. The van der Waals surface area contributed by atoms with Crippen LogP contribution in [0.2, 0.25) is 0 Å². The van der Waals surface area contributed by atoms with Gasteiger partial charge in [-0.25, -0.2) is 0 Å². The van der Waals surface area contributed by atoms with Crippen molar-refractivity contribution in [2.75, 3.05) is 17.3 Å². The van der Waals surface area contributed by atoms with E-state index in [0.717, 1.165) is 24.3 Å². The van der Waals surface area contributed by atoms with Crippen molar-refractivity contribution >= 4 is 23.4 Å². The van der Waals surface area contributed by atoms with E-state index < -0.39 is 0 Å². The van der Waals surface area contributed by atoms with Crippen LogP contribution in [-0.2, 0) is 11.2 Å². The Labute approximate surface area is 114 Å². The van der Waals surface area contributed by atoms with Crippen LogP contribution < -0.4 is 11.1 Å². The Bertz CT molecular complexity index is 363. The van der Waals surface area contributed by atoms with Gasteiger partial charge in [0.05, 0.1) is 0 Å². The van der Waals surface area contributed by atoms with Gasteiger partial charge in [0.25, 0.3) is 0 Å². The fourth-order valence-corrected chi connectivity index (χ4v) is 2.00. The van der Waals surface area contributed by atoms with E-state index >= 15 is 0 Å². The van der Waals surface area contributed by atoms with E-state index in [1.165, 1.54) is 5.56 Å². The number of amides is 1. The number of hydrogen-bond acceptors (Lipinski definition) is 3.